The van der Waals surface area contributed by atoms with Gasteiger partial charge in [-0.15, -0.1) is 0 Å². The number of nitro benzene ring substituents is 1. The molecule has 7 nitrogen and oxygen atoms in total. The highest BCUT2D eigenvalue weighted by molar-refractivity contribution is 6.83. The molecule has 0 aromatic heterocycles. The molecule has 0 saturated carbocycles. The van der Waals surface area contributed by atoms with Gasteiger partial charge in [0.15, 0.2) is 0 Å². The number of fused-ring (bicyclic) bond motifs is 1. The average molecular weight is 558 g/mol. The fourth-order valence-electron chi connectivity index (χ4n) is 6.13. The van der Waals surface area contributed by atoms with E-state index < -0.39 is 23.2 Å². The Morgan fingerprint density at radius 1 is 0.816 bits per heavy atom. The van der Waals surface area contributed by atoms with Crippen LogP contribution in [0.5, 0.6) is 0 Å². The SMILES string of the molecule is CC(C)[Si]1(C(C)C)OC[C@H]2O[C@@H](c3ccc(-c4ccccc4)cc3[N+](=O)[O-])C[C@@H]2O[Si](C(C)C)(C(C)C)O1. The molecule has 0 amide bonds. The molecule has 4 rings (SSSR count). The lowest BCUT2D eigenvalue weighted by Crippen LogP contribution is -2.65. The van der Waals surface area contributed by atoms with Crippen molar-refractivity contribution in [2.24, 2.45) is 0 Å². The van der Waals surface area contributed by atoms with Crippen molar-refractivity contribution in [3.63, 3.8) is 0 Å². The van der Waals surface area contributed by atoms with Crippen LogP contribution in [-0.2, 0) is 17.7 Å². The third-order valence-electron chi connectivity index (χ3n) is 8.23. The summed E-state index contributed by atoms with van der Waals surface area (Å²) in [6.45, 7) is 17.9. The number of hydrogen-bond acceptors (Lipinski definition) is 6. The standard InChI is InChI=1S/C29H43NO6Si2/c1-19(2)37(20(3)4)33-18-29-28(35-38(36-37,21(5)6)22(7)8)17-27(34-29)25-15-14-24(16-26(25)30(31)32)23-12-10-9-11-13-23/h9-16,19-22,27-29H,17-18H2,1-8H3/t27-,28+,29-/m1/s1. The molecular weight excluding hydrogens is 514 g/mol. The van der Waals surface area contributed by atoms with Crippen LogP contribution in [0.3, 0.4) is 0 Å². The Balaban J connectivity index is 1.71. The van der Waals surface area contributed by atoms with Gasteiger partial charge in [-0.25, -0.2) is 0 Å². The van der Waals surface area contributed by atoms with Crippen LogP contribution in [0, 0.1) is 10.1 Å². The topological polar surface area (TPSA) is 80.1 Å². The van der Waals surface area contributed by atoms with E-state index in [1.165, 1.54) is 0 Å². The molecule has 2 fully saturated rings. The van der Waals surface area contributed by atoms with Gasteiger partial charge in [0, 0.05) is 12.5 Å². The van der Waals surface area contributed by atoms with E-state index in [4.69, 9.17) is 17.7 Å². The Morgan fingerprint density at radius 3 is 1.97 bits per heavy atom. The minimum Gasteiger partial charge on any atom is -0.414 e. The van der Waals surface area contributed by atoms with E-state index in [9.17, 15) is 10.1 Å². The van der Waals surface area contributed by atoms with Crippen molar-refractivity contribution in [3.8, 4) is 11.1 Å². The van der Waals surface area contributed by atoms with Gasteiger partial charge in [0.1, 0.15) is 6.10 Å². The van der Waals surface area contributed by atoms with E-state index >= 15 is 0 Å². The van der Waals surface area contributed by atoms with Gasteiger partial charge in [0.25, 0.3) is 5.69 Å². The summed E-state index contributed by atoms with van der Waals surface area (Å²) in [6, 6.07) is 15.2. The van der Waals surface area contributed by atoms with Crippen molar-refractivity contribution in [1.29, 1.82) is 0 Å². The van der Waals surface area contributed by atoms with Crippen LogP contribution in [-0.4, -0.2) is 40.9 Å². The Hall–Kier alpha value is -1.89. The van der Waals surface area contributed by atoms with Gasteiger partial charge in [-0.3, -0.25) is 10.1 Å². The minimum atomic E-state index is -2.76. The third kappa shape index (κ3) is 5.29. The average Bonchev–Trinajstić information content (AvgIpc) is 3.25. The van der Waals surface area contributed by atoms with Crippen LogP contribution in [0.2, 0.25) is 22.2 Å². The van der Waals surface area contributed by atoms with Crippen LogP contribution in [0.4, 0.5) is 5.69 Å². The maximum absolute atomic E-state index is 12.2. The molecule has 0 bridgehead atoms. The maximum Gasteiger partial charge on any atom is 0.335 e. The summed E-state index contributed by atoms with van der Waals surface area (Å²) >= 11 is 0. The molecule has 9 heteroatoms. The number of benzene rings is 2. The first-order valence-corrected chi connectivity index (χ1v) is 17.9. The number of ether oxygens (including phenoxy) is 1. The summed E-state index contributed by atoms with van der Waals surface area (Å²) in [4.78, 5) is 11.9. The van der Waals surface area contributed by atoms with Crippen molar-refractivity contribution < 1.29 is 22.6 Å². The lowest BCUT2D eigenvalue weighted by molar-refractivity contribution is -0.386. The van der Waals surface area contributed by atoms with Crippen molar-refractivity contribution in [2.75, 3.05) is 6.61 Å². The lowest BCUT2D eigenvalue weighted by atomic mass is 9.98. The molecule has 0 spiro atoms. The third-order valence-corrected chi connectivity index (χ3v) is 18.5. The highest BCUT2D eigenvalue weighted by Gasteiger charge is 2.60. The molecule has 0 unspecified atom stereocenters. The Kier molecular flexibility index (Phi) is 8.66. The fourth-order valence-corrected chi connectivity index (χ4v) is 17.4. The molecule has 0 radical (unpaired) electrons. The van der Waals surface area contributed by atoms with E-state index in [1.807, 2.05) is 42.5 Å². The summed E-state index contributed by atoms with van der Waals surface area (Å²) in [7, 11) is -5.43. The minimum absolute atomic E-state index is 0.0760. The van der Waals surface area contributed by atoms with Gasteiger partial charge in [-0.05, 0) is 39.4 Å². The van der Waals surface area contributed by atoms with E-state index in [2.05, 4.69) is 55.4 Å². The molecule has 2 heterocycles. The number of nitrogens with zero attached hydrogens (tertiary/aromatic N) is 1. The summed E-state index contributed by atoms with van der Waals surface area (Å²) in [5.41, 5.74) is 3.34. The normalized spacial score (nSPS) is 25.0. The van der Waals surface area contributed by atoms with Gasteiger partial charge < -0.3 is 17.7 Å². The summed E-state index contributed by atoms with van der Waals surface area (Å²) in [5.74, 6) is 0. The van der Waals surface area contributed by atoms with Crippen molar-refractivity contribution in [2.45, 2.75) is 102 Å². The molecule has 2 saturated heterocycles. The van der Waals surface area contributed by atoms with Crippen molar-refractivity contribution in [1.82, 2.24) is 0 Å². The zero-order valence-electron chi connectivity index (χ0n) is 24.0. The van der Waals surface area contributed by atoms with Crippen LogP contribution in [0.25, 0.3) is 11.1 Å². The van der Waals surface area contributed by atoms with Crippen molar-refractivity contribution in [3.05, 3.63) is 64.2 Å². The predicted octanol–water partition coefficient (Wildman–Crippen LogP) is 8.05. The van der Waals surface area contributed by atoms with Crippen LogP contribution < -0.4 is 0 Å². The van der Waals surface area contributed by atoms with E-state index in [1.54, 1.807) is 6.07 Å². The lowest BCUT2D eigenvalue weighted by Gasteiger charge is -2.51. The molecular formula is C29H43NO6Si2. The van der Waals surface area contributed by atoms with Gasteiger partial charge in [0.2, 0.25) is 0 Å². The number of nitro groups is 1. The highest BCUT2D eigenvalue weighted by Crippen LogP contribution is 2.49. The largest absolute Gasteiger partial charge is 0.414 e. The Morgan fingerprint density at radius 2 is 1.42 bits per heavy atom. The van der Waals surface area contributed by atoms with Gasteiger partial charge in [-0.1, -0.05) is 91.8 Å². The van der Waals surface area contributed by atoms with E-state index in [-0.39, 0.29) is 45.0 Å². The molecule has 38 heavy (non-hydrogen) atoms. The molecule has 208 valence electrons. The fraction of sp³-hybridized carbons (Fsp3) is 0.586. The highest BCUT2D eigenvalue weighted by atomic mass is 28.5. The molecule has 2 aromatic rings. The van der Waals surface area contributed by atoms with Gasteiger partial charge in [0.05, 0.1) is 29.3 Å². The second kappa shape index (κ2) is 11.3. The molecule has 0 N–H and O–H groups in total. The number of rotatable bonds is 7. The number of hydrogen-bond donors (Lipinski definition) is 0. The monoisotopic (exact) mass is 557 g/mol. The summed E-state index contributed by atoms with van der Waals surface area (Å²) in [5, 5.41) is 12.2. The van der Waals surface area contributed by atoms with Crippen LogP contribution in [0.15, 0.2) is 48.5 Å². The Labute approximate surface area is 229 Å². The van der Waals surface area contributed by atoms with Gasteiger partial charge in [-0.2, -0.15) is 0 Å². The smallest absolute Gasteiger partial charge is 0.335 e. The second-order valence-corrected chi connectivity index (χ2v) is 20.8. The van der Waals surface area contributed by atoms with Crippen molar-refractivity contribution >= 4 is 22.8 Å². The first-order chi connectivity index (χ1) is 17.9. The van der Waals surface area contributed by atoms with E-state index in [0.717, 1.165) is 11.1 Å². The predicted molar refractivity (Wildman–Crippen MR) is 155 cm³/mol. The molecule has 2 aliphatic rings. The maximum atomic E-state index is 12.2. The quantitative estimate of drug-likeness (QED) is 0.195. The van der Waals surface area contributed by atoms with Crippen LogP contribution in [0.1, 0.15) is 73.5 Å². The molecule has 0 aliphatic carbocycles. The summed E-state index contributed by atoms with van der Waals surface area (Å²) in [6.07, 6.45) is -0.450. The second-order valence-electron chi connectivity index (χ2n) is 11.9. The Bertz CT molecular complexity index is 1110. The zero-order chi connectivity index (χ0) is 27.8. The van der Waals surface area contributed by atoms with Crippen LogP contribution >= 0.6 is 0 Å². The molecule has 3 atom stereocenters. The van der Waals surface area contributed by atoms with E-state index in [0.29, 0.717) is 18.6 Å². The van der Waals surface area contributed by atoms with Gasteiger partial charge >= 0.3 is 17.1 Å². The molecule has 2 aliphatic heterocycles. The summed E-state index contributed by atoms with van der Waals surface area (Å²) < 4.78 is 27.7. The molecule has 2 aromatic carbocycles. The first kappa shape index (κ1) is 29.1. The first-order valence-electron chi connectivity index (χ1n) is 13.9. The zero-order valence-corrected chi connectivity index (χ0v) is 26.0.